The molecule has 0 aromatic heterocycles. The van der Waals surface area contributed by atoms with E-state index in [1.807, 2.05) is 24.3 Å². The fraction of sp³-hybridized carbons (Fsp3) is 0.233. The predicted molar refractivity (Wildman–Crippen MR) is 154 cm³/mol. The molecule has 2 N–H and O–H groups in total. The van der Waals surface area contributed by atoms with Gasteiger partial charge in [-0.1, -0.05) is 61.3 Å². The number of hydrogen-bond acceptors (Lipinski definition) is 5. The highest BCUT2D eigenvalue weighted by Crippen LogP contribution is 2.48. The van der Waals surface area contributed by atoms with Gasteiger partial charge in [-0.15, -0.1) is 0 Å². The number of allylic oxidation sites excluding steroid dienone is 1. The Bertz CT molecular complexity index is 1510. The topological polar surface area (TPSA) is 87.7 Å². The van der Waals surface area contributed by atoms with Crippen LogP contribution in [0.5, 0.6) is 0 Å². The second-order valence-electron chi connectivity index (χ2n) is 10.4. The number of Topliss-reactive ketones (excluding diaryl/α,β-unsaturated/α-hetero) is 1. The number of para-hydroxylation sites is 2. The van der Waals surface area contributed by atoms with Crippen molar-refractivity contribution in [3.05, 3.63) is 99.2 Å². The van der Waals surface area contributed by atoms with Gasteiger partial charge in [0.1, 0.15) is 0 Å². The van der Waals surface area contributed by atoms with Gasteiger partial charge >= 0.3 is 12.0 Å². The van der Waals surface area contributed by atoms with Crippen LogP contribution < -0.4 is 15.5 Å². The molecule has 0 saturated heterocycles. The van der Waals surface area contributed by atoms with E-state index in [9.17, 15) is 14.4 Å². The monoisotopic (exact) mass is 563 g/mol. The number of benzene rings is 3. The third-order valence-corrected chi connectivity index (χ3v) is 7.68. The zero-order valence-electron chi connectivity index (χ0n) is 21.7. The first-order valence-electron chi connectivity index (χ1n) is 12.4. The average molecular weight is 564 g/mol. The summed E-state index contributed by atoms with van der Waals surface area (Å²) >= 11 is 12.3. The van der Waals surface area contributed by atoms with Crippen molar-refractivity contribution in [2.45, 2.75) is 32.7 Å². The lowest BCUT2D eigenvalue weighted by Crippen LogP contribution is -2.41. The van der Waals surface area contributed by atoms with Gasteiger partial charge in [-0.3, -0.25) is 9.69 Å². The summed E-state index contributed by atoms with van der Waals surface area (Å²) < 4.78 is 4.85. The SMILES string of the molecule is COC(=O)c1ccc(C2C3=C(CC(C)(C)CC3=O)Nc3ccccc3N2C(=O)Nc2ccc(Cl)c(Cl)c2)cc1. The summed E-state index contributed by atoms with van der Waals surface area (Å²) in [6.07, 6.45) is 0.963. The number of hydrogen-bond donors (Lipinski definition) is 2. The fourth-order valence-electron chi connectivity index (χ4n) is 5.20. The van der Waals surface area contributed by atoms with Crippen molar-refractivity contribution in [2.75, 3.05) is 22.6 Å². The molecule has 39 heavy (non-hydrogen) atoms. The number of fused-ring (bicyclic) bond motifs is 1. The predicted octanol–water partition coefficient (Wildman–Crippen LogP) is 7.63. The number of halogens is 2. The summed E-state index contributed by atoms with van der Waals surface area (Å²) in [5.74, 6) is -0.519. The van der Waals surface area contributed by atoms with Gasteiger partial charge < -0.3 is 15.4 Å². The average Bonchev–Trinajstić information content (AvgIpc) is 3.04. The van der Waals surface area contributed by atoms with E-state index in [1.165, 1.54) is 7.11 Å². The van der Waals surface area contributed by atoms with Gasteiger partial charge in [0.2, 0.25) is 0 Å². The summed E-state index contributed by atoms with van der Waals surface area (Å²) in [5.41, 5.74) is 3.82. The number of ether oxygens (including phenoxy) is 1. The highest BCUT2D eigenvalue weighted by molar-refractivity contribution is 6.42. The summed E-state index contributed by atoms with van der Waals surface area (Å²) in [5, 5.41) is 7.07. The van der Waals surface area contributed by atoms with Crippen LogP contribution in [0.2, 0.25) is 10.0 Å². The Morgan fingerprint density at radius 1 is 1.00 bits per heavy atom. The highest BCUT2D eigenvalue weighted by Gasteiger charge is 2.43. The molecule has 1 atom stereocenters. The summed E-state index contributed by atoms with van der Waals surface area (Å²) in [6, 6.07) is 17.8. The zero-order chi connectivity index (χ0) is 27.9. The largest absolute Gasteiger partial charge is 0.465 e. The van der Waals surface area contributed by atoms with Gasteiger partial charge in [0.05, 0.1) is 40.1 Å². The van der Waals surface area contributed by atoms with Crippen LogP contribution in [0.3, 0.4) is 0 Å². The van der Waals surface area contributed by atoms with Crippen molar-refractivity contribution in [3.8, 4) is 0 Å². The number of esters is 1. The maximum absolute atomic E-state index is 14.1. The van der Waals surface area contributed by atoms with E-state index >= 15 is 0 Å². The van der Waals surface area contributed by atoms with Crippen LogP contribution in [0, 0.1) is 5.41 Å². The Morgan fingerprint density at radius 3 is 2.41 bits per heavy atom. The van der Waals surface area contributed by atoms with E-state index in [1.54, 1.807) is 47.4 Å². The van der Waals surface area contributed by atoms with Crippen molar-refractivity contribution in [3.63, 3.8) is 0 Å². The lowest BCUT2D eigenvalue weighted by Gasteiger charge is -2.37. The minimum absolute atomic E-state index is 0.0454. The Labute approximate surface area is 236 Å². The first kappa shape index (κ1) is 26.8. The number of amides is 2. The normalized spacial score (nSPS) is 17.9. The molecule has 0 spiro atoms. The van der Waals surface area contributed by atoms with E-state index in [-0.39, 0.29) is 11.2 Å². The van der Waals surface area contributed by atoms with Crippen LogP contribution in [-0.2, 0) is 9.53 Å². The molecule has 2 aliphatic rings. The van der Waals surface area contributed by atoms with E-state index in [4.69, 9.17) is 27.9 Å². The number of urea groups is 1. The molecule has 3 aromatic carbocycles. The number of anilines is 3. The van der Waals surface area contributed by atoms with E-state index in [2.05, 4.69) is 24.5 Å². The highest BCUT2D eigenvalue weighted by atomic mass is 35.5. The van der Waals surface area contributed by atoms with Crippen LogP contribution in [0.1, 0.15) is 48.7 Å². The summed E-state index contributed by atoms with van der Waals surface area (Å²) in [7, 11) is 1.32. The molecular formula is C30H27Cl2N3O4. The molecule has 3 aromatic rings. The van der Waals surface area contributed by atoms with Gasteiger partial charge in [-0.25, -0.2) is 9.59 Å². The minimum Gasteiger partial charge on any atom is -0.465 e. The van der Waals surface area contributed by atoms with E-state index in [0.29, 0.717) is 56.6 Å². The Hall–Kier alpha value is -3.81. The maximum Gasteiger partial charge on any atom is 0.337 e. The number of carbonyl (C=O) groups excluding carboxylic acids is 3. The molecule has 7 nitrogen and oxygen atoms in total. The van der Waals surface area contributed by atoms with E-state index < -0.39 is 18.0 Å². The quantitative estimate of drug-likeness (QED) is 0.320. The van der Waals surface area contributed by atoms with Crippen LogP contribution >= 0.6 is 23.2 Å². The van der Waals surface area contributed by atoms with Crippen LogP contribution in [0.4, 0.5) is 21.9 Å². The second kappa shape index (κ2) is 10.4. The number of rotatable bonds is 3. The molecule has 0 saturated carbocycles. The smallest absolute Gasteiger partial charge is 0.337 e. The molecule has 1 aliphatic carbocycles. The number of ketones is 1. The Kier molecular flexibility index (Phi) is 7.14. The van der Waals surface area contributed by atoms with Gasteiger partial charge in [-0.05, 0) is 59.9 Å². The number of nitrogens with zero attached hydrogens (tertiary/aromatic N) is 1. The fourth-order valence-corrected chi connectivity index (χ4v) is 5.50. The summed E-state index contributed by atoms with van der Waals surface area (Å²) in [6.45, 7) is 4.12. The number of methoxy groups -OCH3 is 1. The van der Waals surface area contributed by atoms with Crippen LogP contribution in [0.15, 0.2) is 78.0 Å². The molecule has 5 rings (SSSR count). The molecule has 9 heteroatoms. The number of carbonyl (C=O) groups is 3. The maximum atomic E-state index is 14.1. The standard InChI is InChI=1S/C30H27Cl2N3O4/c1-30(2)15-23-26(25(36)16-30)27(17-8-10-18(11-9-17)28(37)39-3)35(24-7-5-4-6-22(24)34-23)29(38)33-19-12-13-20(31)21(32)14-19/h4-14,27,34H,15-16H2,1-3H3,(H,33,38). The third kappa shape index (κ3) is 5.24. The lowest BCUT2D eigenvalue weighted by atomic mass is 9.73. The zero-order valence-corrected chi connectivity index (χ0v) is 23.2. The lowest BCUT2D eigenvalue weighted by molar-refractivity contribution is -0.118. The van der Waals surface area contributed by atoms with Crippen molar-refractivity contribution < 1.29 is 19.1 Å². The van der Waals surface area contributed by atoms with Crippen LogP contribution in [-0.4, -0.2) is 24.9 Å². The number of nitrogens with one attached hydrogen (secondary N) is 2. The second-order valence-corrected chi connectivity index (χ2v) is 11.2. The van der Waals surface area contributed by atoms with E-state index in [0.717, 1.165) is 5.70 Å². The minimum atomic E-state index is -0.769. The van der Waals surface area contributed by atoms with Crippen LogP contribution in [0.25, 0.3) is 0 Å². The van der Waals surface area contributed by atoms with Crippen molar-refractivity contribution >= 4 is 58.0 Å². The van der Waals surface area contributed by atoms with Crippen molar-refractivity contribution in [2.24, 2.45) is 5.41 Å². The van der Waals surface area contributed by atoms with Crippen molar-refractivity contribution in [1.82, 2.24) is 0 Å². The molecule has 0 fully saturated rings. The van der Waals surface area contributed by atoms with Crippen molar-refractivity contribution in [1.29, 1.82) is 0 Å². The molecule has 2 amide bonds. The third-order valence-electron chi connectivity index (χ3n) is 6.94. The first-order chi connectivity index (χ1) is 18.6. The molecule has 0 radical (unpaired) electrons. The molecule has 200 valence electrons. The first-order valence-corrected chi connectivity index (χ1v) is 13.2. The van der Waals surface area contributed by atoms with Gasteiger partial charge in [0.15, 0.2) is 5.78 Å². The van der Waals surface area contributed by atoms with Gasteiger partial charge in [0.25, 0.3) is 0 Å². The molecule has 1 heterocycles. The molecule has 1 aliphatic heterocycles. The molecule has 1 unspecified atom stereocenters. The van der Waals surface area contributed by atoms with Gasteiger partial charge in [-0.2, -0.15) is 0 Å². The molecular weight excluding hydrogens is 537 g/mol. The molecule has 0 bridgehead atoms. The Morgan fingerprint density at radius 2 is 1.72 bits per heavy atom. The van der Waals surface area contributed by atoms with Gasteiger partial charge in [0, 0.05) is 23.4 Å². The summed E-state index contributed by atoms with van der Waals surface area (Å²) in [4.78, 5) is 41.6. The Balaban J connectivity index is 1.69.